The molecule has 2 aromatic carbocycles. The van der Waals surface area contributed by atoms with Crippen molar-refractivity contribution in [2.45, 2.75) is 11.8 Å². The standard InChI is InChI=1S/C15H15N3O4S/c1-9-6-12(14(16)13(7-9)18(20)21)15(19)17-10-4-3-5-11(8-10)23(2)22/h3-8H,16H2,1-2H3,(H,17,19)/t23-/m1/s1. The van der Waals surface area contributed by atoms with Gasteiger partial charge in [0, 0.05) is 33.7 Å². The lowest BCUT2D eigenvalue weighted by molar-refractivity contribution is -0.384. The third kappa shape index (κ3) is 3.72. The van der Waals surface area contributed by atoms with E-state index in [1.54, 1.807) is 31.2 Å². The molecule has 0 aliphatic carbocycles. The molecule has 1 atom stereocenters. The Morgan fingerprint density at radius 1 is 1.30 bits per heavy atom. The highest BCUT2D eigenvalue weighted by Crippen LogP contribution is 2.28. The number of nitrogen functional groups attached to an aromatic ring is 1. The number of hydrogen-bond donors (Lipinski definition) is 2. The van der Waals surface area contributed by atoms with Crippen LogP contribution >= 0.6 is 0 Å². The minimum Gasteiger partial charge on any atom is -0.393 e. The van der Waals surface area contributed by atoms with Gasteiger partial charge in [-0.05, 0) is 36.8 Å². The lowest BCUT2D eigenvalue weighted by Gasteiger charge is -2.09. The smallest absolute Gasteiger partial charge is 0.293 e. The van der Waals surface area contributed by atoms with Gasteiger partial charge in [-0.1, -0.05) is 6.07 Å². The van der Waals surface area contributed by atoms with E-state index in [0.717, 1.165) is 0 Å². The Hall–Kier alpha value is -2.74. The minimum absolute atomic E-state index is 0.0275. The van der Waals surface area contributed by atoms with Gasteiger partial charge >= 0.3 is 0 Å². The van der Waals surface area contributed by atoms with Crippen molar-refractivity contribution in [2.75, 3.05) is 17.3 Å². The Bertz CT molecular complexity index is 820. The van der Waals surface area contributed by atoms with Crippen LogP contribution in [0.4, 0.5) is 17.1 Å². The van der Waals surface area contributed by atoms with Crippen molar-refractivity contribution in [3.63, 3.8) is 0 Å². The van der Waals surface area contributed by atoms with E-state index in [1.165, 1.54) is 18.4 Å². The maximum absolute atomic E-state index is 12.4. The molecule has 2 aromatic rings. The molecule has 0 unspecified atom stereocenters. The molecular weight excluding hydrogens is 318 g/mol. The topological polar surface area (TPSA) is 115 Å². The predicted molar refractivity (Wildman–Crippen MR) is 89.0 cm³/mol. The summed E-state index contributed by atoms with van der Waals surface area (Å²) in [5.74, 6) is -0.562. The maximum atomic E-state index is 12.4. The van der Waals surface area contributed by atoms with Gasteiger partial charge in [-0.3, -0.25) is 19.1 Å². The van der Waals surface area contributed by atoms with Crippen LogP contribution in [-0.2, 0) is 10.8 Å². The van der Waals surface area contributed by atoms with Gasteiger partial charge in [-0.15, -0.1) is 0 Å². The zero-order valence-corrected chi connectivity index (χ0v) is 13.3. The Labute approximate surface area is 135 Å². The number of aryl methyl sites for hydroxylation is 1. The van der Waals surface area contributed by atoms with Gasteiger partial charge in [0.05, 0.1) is 10.5 Å². The highest BCUT2D eigenvalue weighted by atomic mass is 32.2. The monoisotopic (exact) mass is 333 g/mol. The Balaban J connectivity index is 2.36. The molecule has 3 N–H and O–H groups in total. The fourth-order valence-electron chi connectivity index (χ4n) is 2.07. The normalized spacial score (nSPS) is 11.7. The lowest BCUT2D eigenvalue weighted by atomic mass is 10.1. The molecule has 0 aliphatic heterocycles. The summed E-state index contributed by atoms with van der Waals surface area (Å²) in [7, 11) is -1.18. The van der Waals surface area contributed by atoms with E-state index in [9.17, 15) is 19.1 Å². The zero-order chi connectivity index (χ0) is 17.1. The van der Waals surface area contributed by atoms with Crippen LogP contribution in [0.5, 0.6) is 0 Å². The molecule has 0 heterocycles. The molecule has 0 saturated carbocycles. The molecule has 0 spiro atoms. The third-order valence-electron chi connectivity index (χ3n) is 3.17. The third-order valence-corrected chi connectivity index (χ3v) is 4.09. The number of nitrogens with zero attached hydrogens (tertiary/aromatic N) is 1. The second kappa shape index (κ2) is 6.57. The van der Waals surface area contributed by atoms with Crippen LogP contribution in [0.25, 0.3) is 0 Å². The summed E-state index contributed by atoms with van der Waals surface area (Å²) in [6.45, 7) is 1.64. The number of benzene rings is 2. The van der Waals surface area contributed by atoms with Gasteiger partial charge in [-0.25, -0.2) is 0 Å². The summed E-state index contributed by atoms with van der Waals surface area (Å²) in [6.07, 6.45) is 1.53. The molecule has 8 heteroatoms. The van der Waals surface area contributed by atoms with E-state index < -0.39 is 21.6 Å². The minimum atomic E-state index is -1.18. The highest BCUT2D eigenvalue weighted by molar-refractivity contribution is 7.84. The highest BCUT2D eigenvalue weighted by Gasteiger charge is 2.20. The van der Waals surface area contributed by atoms with Gasteiger partial charge in [0.15, 0.2) is 0 Å². The Kier molecular flexibility index (Phi) is 4.75. The van der Waals surface area contributed by atoms with Crippen LogP contribution in [-0.4, -0.2) is 21.3 Å². The number of rotatable bonds is 4. The average molecular weight is 333 g/mol. The molecule has 1 amide bonds. The average Bonchev–Trinajstić information content (AvgIpc) is 2.49. The van der Waals surface area contributed by atoms with Crippen molar-refractivity contribution in [1.82, 2.24) is 0 Å². The summed E-state index contributed by atoms with van der Waals surface area (Å²) in [5.41, 5.74) is 6.26. The summed E-state index contributed by atoms with van der Waals surface area (Å²) in [5, 5.41) is 13.6. The van der Waals surface area contributed by atoms with Crippen LogP contribution in [0.3, 0.4) is 0 Å². The number of anilines is 2. The van der Waals surface area contributed by atoms with Gasteiger partial charge in [0.25, 0.3) is 11.6 Å². The number of nitro benzene ring substituents is 1. The number of carbonyl (C=O) groups is 1. The Morgan fingerprint density at radius 2 is 2.00 bits per heavy atom. The van der Waals surface area contributed by atoms with Crippen molar-refractivity contribution >= 4 is 33.8 Å². The first-order chi connectivity index (χ1) is 10.8. The van der Waals surface area contributed by atoms with Crippen molar-refractivity contribution in [1.29, 1.82) is 0 Å². The van der Waals surface area contributed by atoms with E-state index >= 15 is 0 Å². The molecule has 0 saturated heterocycles. The second-order valence-electron chi connectivity index (χ2n) is 4.94. The Morgan fingerprint density at radius 3 is 2.61 bits per heavy atom. The molecule has 23 heavy (non-hydrogen) atoms. The SMILES string of the molecule is Cc1cc(C(=O)Nc2cccc([S@@](C)=O)c2)c(N)c([N+](=O)[O-])c1. The lowest BCUT2D eigenvalue weighted by Crippen LogP contribution is -2.15. The van der Waals surface area contributed by atoms with Gasteiger partial charge in [0.2, 0.25) is 0 Å². The summed E-state index contributed by atoms with van der Waals surface area (Å²) >= 11 is 0. The molecule has 2 rings (SSSR count). The number of amides is 1. The van der Waals surface area contributed by atoms with Crippen LogP contribution in [0.2, 0.25) is 0 Å². The number of hydrogen-bond acceptors (Lipinski definition) is 5. The summed E-state index contributed by atoms with van der Waals surface area (Å²) < 4.78 is 11.5. The van der Waals surface area contributed by atoms with E-state index in [1.807, 2.05) is 0 Å². The quantitative estimate of drug-likeness (QED) is 0.506. The first-order valence-electron chi connectivity index (χ1n) is 6.59. The largest absolute Gasteiger partial charge is 0.393 e. The maximum Gasteiger partial charge on any atom is 0.293 e. The van der Waals surface area contributed by atoms with E-state index in [-0.39, 0.29) is 16.9 Å². The summed E-state index contributed by atoms with van der Waals surface area (Å²) in [4.78, 5) is 23.3. The molecular formula is C15H15N3O4S. The van der Waals surface area contributed by atoms with Crippen molar-refractivity contribution in [3.8, 4) is 0 Å². The fourth-order valence-corrected chi connectivity index (χ4v) is 2.63. The van der Waals surface area contributed by atoms with Crippen LogP contribution in [0.15, 0.2) is 41.3 Å². The first-order valence-corrected chi connectivity index (χ1v) is 8.14. The predicted octanol–water partition coefficient (Wildman–Crippen LogP) is 2.48. The van der Waals surface area contributed by atoms with E-state index in [2.05, 4.69) is 5.32 Å². The van der Waals surface area contributed by atoms with Crippen LogP contribution < -0.4 is 11.1 Å². The van der Waals surface area contributed by atoms with Crippen molar-refractivity contribution in [2.24, 2.45) is 0 Å². The zero-order valence-electron chi connectivity index (χ0n) is 12.5. The molecule has 0 aromatic heterocycles. The molecule has 120 valence electrons. The van der Waals surface area contributed by atoms with Crippen LogP contribution in [0, 0.1) is 17.0 Å². The van der Waals surface area contributed by atoms with Crippen molar-refractivity contribution in [3.05, 3.63) is 57.6 Å². The number of nitrogens with two attached hydrogens (primary N) is 1. The molecule has 0 radical (unpaired) electrons. The number of nitro groups is 1. The van der Waals surface area contributed by atoms with E-state index in [0.29, 0.717) is 16.1 Å². The van der Waals surface area contributed by atoms with Gasteiger partial charge in [0.1, 0.15) is 5.69 Å². The van der Waals surface area contributed by atoms with Crippen LogP contribution in [0.1, 0.15) is 15.9 Å². The molecule has 0 fully saturated rings. The first kappa shape index (κ1) is 16.6. The molecule has 0 bridgehead atoms. The fraction of sp³-hybridized carbons (Fsp3) is 0.133. The summed E-state index contributed by atoms with van der Waals surface area (Å²) in [6, 6.07) is 9.35. The van der Waals surface area contributed by atoms with Gasteiger partial charge in [-0.2, -0.15) is 0 Å². The second-order valence-corrected chi connectivity index (χ2v) is 6.32. The number of carbonyl (C=O) groups excluding carboxylic acids is 1. The van der Waals surface area contributed by atoms with Crippen molar-refractivity contribution < 1.29 is 13.9 Å². The number of nitrogens with one attached hydrogen (secondary N) is 1. The van der Waals surface area contributed by atoms with Gasteiger partial charge < -0.3 is 11.1 Å². The molecule has 0 aliphatic rings. The van der Waals surface area contributed by atoms with E-state index in [4.69, 9.17) is 5.73 Å². The molecule has 7 nitrogen and oxygen atoms in total.